The van der Waals surface area contributed by atoms with Gasteiger partial charge in [-0.15, -0.1) is 24.0 Å². The van der Waals surface area contributed by atoms with Crippen LogP contribution in [0.4, 0.5) is 5.69 Å². The Labute approximate surface area is 151 Å². The van der Waals surface area contributed by atoms with E-state index in [1.807, 2.05) is 14.1 Å². The summed E-state index contributed by atoms with van der Waals surface area (Å²) in [5.74, 6) is 0.810. The summed E-state index contributed by atoms with van der Waals surface area (Å²) in [6.45, 7) is 3.57. The Bertz CT molecular complexity index is 434. The Kier molecular flexibility index (Phi) is 11.0. The van der Waals surface area contributed by atoms with Gasteiger partial charge in [-0.25, -0.2) is 0 Å². The van der Waals surface area contributed by atoms with Crippen LogP contribution in [0.2, 0.25) is 0 Å². The fraction of sp³-hybridized carbons (Fsp3) is 0.562. The van der Waals surface area contributed by atoms with Crippen LogP contribution in [-0.4, -0.2) is 53.4 Å². The summed E-state index contributed by atoms with van der Waals surface area (Å²) in [6, 6.07) is 8.86. The predicted molar refractivity (Wildman–Crippen MR) is 106 cm³/mol. The highest BCUT2D eigenvalue weighted by molar-refractivity contribution is 14.0. The first-order chi connectivity index (χ1) is 10.1. The van der Waals surface area contributed by atoms with Gasteiger partial charge in [-0.2, -0.15) is 0 Å². The first kappa shape index (κ1) is 21.0. The van der Waals surface area contributed by atoms with Crippen molar-refractivity contribution in [1.29, 1.82) is 0 Å². The molecular weight excluding hydrogens is 391 g/mol. The number of halogens is 1. The van der Waals surface area contributed by atoms with E-state index >= 15 is 0 Å². The summed E-state index contributed by atoms with van der Waals surface area (Å²) in [5, 5.41) is 6.60. The van der Waals surface area contributed by atoms with Crippen molar-refractivity contribution in [2.75, 3.05) is 46.3 Å². The van der Waals surface area contributed by atoms with Crippen LogP contribution >= 0.6 is 24.0 Å². The maximum Gasteiger partial charge on any atom is 0.191 e. The molecule has 0 saturated heterocycles. The van der Waals surface area contributed by atoms with Crippen LogP contribution in [-0.2, 0) is 11.2 Å². The smallest absolute Gasteiger partial charge is 0.191 e. The van der Waals surface area contributed by atoms with Gasteiger partial charge in [-0.05, 0) is 31.0 Å². The van der Waals surface area contributed by atoms with Crippen LogP contribution in [0.15, 0.2) is 29.3 Å². The minimum Gasteiger partial charge on any atom is -0.383 e. The molecule has 0 radical (unpaired) electrons. The van der Waals surface area contributed by atoms with Crippen molar-refractivity contribution in [2.45, 2.75) is 19.4 Å². The van der Waals surface area contributed by atoms with Gasteiger partial charge >= 0.3 is 0 Å². The number of nitrogens with zero attached hydrogens (tertiary/aromatic N) is 2. The average Bonchev–Trinajstić information content (AvgIpc) is 2.47. The van der Waals surface area contributed by atoms with Crippen LogP contribution in [0.5, 0.6) is 0 Å². The van der Waals surface area contributed by atoms with Gasteiger partial charge in [0.1, 0.15) is 0 Å². The molecular formula is C16H29IN4O. The van der Waals surface area contributed by atoms with Crippen LogP contribution < -0.4 is 15.5 Å². The summed E-state index contributed by atoms with van der Waals surface area (Å²) in [4.78, 5) is 6.31. The molecule has 0 amide bonds. The van der Waals surface area contributed by atoms with E-state index in [-0.39, 0.29) is 30.0 Å². The number of rotatable bonds is 7. The predicted octanol–water partition coefficient (Wildman–Crippen LogP) is 2.11. The number of nitrogens with one attached hydrogen (secondary N) is 2. The fourth-order valence-corrected chi connectivity index (χ4v) is 2.01. The van der Waals surface area contributed by atoms with Crippen LogP contribution in [0.25, 0.3) is 0 Å². The number of hydrogen-bond donors (Lipinski definition) is 2. The summed E-state index contributed by atoms with van der Waals surface area (Å²) >= 11 is 0. The van der Waals surface area contributed by atoms with Gasteiger partial charge in [0.05, 0.1) is 6.61 Å². The van der Waals surface area contributed by atoms with Crippen molar-refractivity contribution in [1.82, 2.24) is 10.6 Å². The quantitative estimate of drug-likeness (QED) is 0.403. The number of guanidine groups is 1. The highest BCUT2D eigenvalue weighted by Crippen LogP contribution is 2.12. The van der Waals surface area contributed by atoms with Crippen molar-refractivity contribution in [3.63, 3.8) is 0 Å². The Morgan fingerprint density at radius 1 is 1.27 bits per heavy atom. The van der Waals surface area contributed by atoms with Gasteiger partial charge in [0, 0.05) is 46.5 Å². The molecule has 0 aliphatic carbocycles. The number of hydrogen-bond acceptors (Lipinski definition) is 3. The zero-order valence-electron chi connectivity index (χ0n) is 14.2. The highest BCUT2D eigenvalue weighted by atomic mass is 127. The standard InChI is InChI=1S/C16H28N4O.HI/c1-13(12-21-5)19-16(17-2)18-11-10-14-6-8-15(9-7-14)20(3)4;/h6-9,13H,10-12H2,1-5H3,(H2,17,18,19);1H. The molecule has 1 atom stereocenters. The third-order valence-corrected chi connectivity index (χ3v) is 3.18. The molecule has 0 saturated carbocycles. The number of benzene rings is 1. The summed E-state index contributed by atoms with van der Waals surface area (Å²) in [6.07, 6.45) is 0.965. The van der Waals surface area contributed by atoms with E-state index in [1.54, 1.807) is 14.2 Å². The molecule has 0 aliphatic rings. The van der Waals surface area contributed by atoms with Crippen molar-refractivity contribution < 1.29 is 4.74 Å². The Balaban J connectivity index is 0.00000441. The van der Waals surface area contributed by atoms with E-state index in [1.165, 1.54) is 11.3 Å². The molecule has 0 aromatic heterocycles. The van der Waals surface area contributed by atoms with Crippen LogP contribution in [0, 0.1) is 0 Å². The van der Waals surface area contributed by atoms with Crippen molar-refractivity contribution in [2.24, 2.45) is 4.99 Å². The number of aliphatic imine (C=N–C) groups is 1. The molecule has 1 aromatic carbocycles. The monoisotopic (exact) mass is 420 g/mol. The lowest BCUT2D eigenvalue weighted by atomic mass is 10.1. The highest BCUT2D eigenvalue weighted by Gasteiger charge is 2.04. The van der Waals surface area contributed by atoms with E-state index in [0.717, 1.165) is 18.9 Å². The molecule has 5 nitrogen and oxygen atoms in total. The third-order valence-electron chi connectivity index (χ3n) is 3.18. The Hall–Kier alpha value is -1.02. The van der Waals surface area contributed by atoms with Crippen LogP contribution in [0.3, 0.4) is 0 Å². The lowest BCUT2D eigenvalue weighted by Gasteiger charge is -2.17. The largest absolute Gasteiger partial charge is 0.383 e. The molecule has 0 spiro atoms. The topological polar surface area (TPSA) is 48.9 Å². The molecule has 1 rings (SSSR count). The van der Waals surface area contributed by atoms with E-state index in [0.29, 0.717) is 6.61 Å². The lowest BCUT2D eigenvalue weighted by Crippen LogP contribution is -2.44. The van der Waals surface area contributed by atoms with Crippen molar-refractivity contribution in [3.05, 3.63) is 29.8 Å². The van der Waals surface area contributed by atoms with Gasteiger partial charge in [0.15, 0.2) is 5.96 Å². The maximum atomic E-state index is 5.10. The molecule has 1 aromatic rings. The number of anilines is 1. The summed E-state index contributed by atoms with van der Waals surface area (Å²) in [5.41, 5.74) is 2.53. The normalized spacial score (nSPS) is 12.3. The number of ether oxygens (including phenoxy) is 1. The van der Waals surface area contributed by atoms with E-state index in [9.17, 15) is 0 Å². The van der Waals surface area contributed by atoms with Gasteiger partial charge in [0.2, 0.25) is 0 Å². The van der Waals surface area contributed by atoms with Gasteiger partial charge in [0.25, 0.3) is 0 Å². The Morgan fingerprint density at radius 3 is 2.41 bits per heavy atom. The molecule has 0 heterocycles. The fourth-order valence-electron chi connectivity index (χ4n) is 2.01. The molecule has 22 heavy (non-hydrogen) atoms. The zero-order chi connectivity index (χ0) is 15.7. The average molecular weight is 420 g/mol. The minimum absolute atomic E-state index is 0. The van der Waals surface area contributed by atoms with E-state index < -0.39 is 0 Å². The molecule has 6 heteroatoms. The van der Waals surface area contributed by atoms with Gasteiger partial charge in [-0.1, -0.05) is 12.1 Å². The maximum absolute atomic E-state index is 5.10. The second-order valence-corrected chi connectivity index (χ2v) is 5.31. The molecule has 2 N–H and O–H groups in total. The second kappa shape index (κ2) is 11.5. The first-order valence-electron chi connectivity index (χ1n) is 7.29. The molecule has 0 aliphatic heterocycles. The molecule has 0 fully saturated rings. The SMILES string of the molecule is CN=C(NCCc1ccc(N(C)C)cc1)NC(C)COC.I. The number of methoxy groups -OCH3 is 1. The minimum atomic E-state index is 0. The van der Waals surface area contributed by atoms with Crippen LogP contribution in [0.1, 0.15) is 12.5 Å². The molecule has 126 valence electrons. The summed E-state index contributed by atoms with van der Waals surface area (Å²) < 4.78 is 5.10. The Morgan fingerprint density at radius 2 is 1.91 bits per heavy atom. The van der Waals surface area contributed by atoms with Gasteiger partial charge in [-0.3, -0.25) is 4.99 Å². The van der Waals surface area contributed by atoms with Crippen molar-refractivity contribution >= 4 is 35.6 Å². The van der Waals surface area contributed by atoms with E-state index in [4.69, 9.17) is 4.74 Å². The second-order valence-electron chi connectivity index (χ2n) is 5.31. The third kappa shape index (κ3) is 7.84. The summed E-state index contributed by atoms with van der Waals surface area (Å²) in [7, 11) is 7.58. The van der Waals surface area contributed by atoms with Gasteiger partial charge < -0.3 is 20.3 Å². The molecule has 0 bridgehead atoms. The van der Waals surface area contributed by atoms with Crippen molar-refractivity contribution in [3.8, 4) is 0 Å². The zero-order valence-corrected chi connectivity index (χ0v) is 16.5. The molecule has 1 unspecified atom stereocenters. The lowest BCUT2D eigenvalue weighted by molar-refractivity contribution is 0.179. The van der Waals surface area contributed by atoms with E-state index in [2.05, 4.69) is 51.7 Å². The first-order valence-corrected chi connectivity index (χ1v) is 7.29.